The van der Waals surface area contributed by atoms with Gasteiger partial charge in [-0.1, -0.05) is 25.1 Å². The molecule has 5 nitrogen and oxygen atoms in total. The summed E-state index contributed by atoms with van der Waals surface area (Å²) in [5.41, 5.74) is 0. The first kappa shape index (κ1) is 23.4. The van der Waals surface area contributed by atoms with Gasteiger partial charge in [-0.05, 0) is 62.3 Å². The summed E-state index contributed by atoms with van der Waals surface area (Å²) >= 11 is 1.65. The van der Waals surface area contributed by atoms with Crippen molar-refractivity contribution in [1.82, 2.24) is 15.5 Å². The molecule has 3 rings (SSSR count). The molecule has 1 unspecified atom stereocenters. The van der Waals surface area contributed by atoms with Crippen molar-refractivity contribution in [2.24, 2.45) is 10.9 Å². The molecule has 3 N–H and O–H groups in total. The van der Waals surface area contributed by atoms with E-state index in [9.17, 15) is 5.11 Å². The van der Waals surface area contributed by atoms with E-state index in [4.69, 9.17) is 0 Å². The van der Waals surface area contributed by atoms with Gasteiger partial charge in [0.15, 0.2) is 5.96 Å². The van der Waals surface area contributed by atoms with Gasteiger partial charge < -0.3 is 20.6 Å². The van der Waals surface area contributed by atoms with Crippen molar-refractivity contribution < 1.29 is 5.11 Å². The number of likely N-dealkylation sites (tertiary alicyclic amines) is 1. The summed E-state index contributed by atoms with van der Waals surface area (Å²) in [5, 5.41) is 18.3. The molecular formula is C21H33IN4OS. The first-order chi connectivity index (χ1) is 13.2. The van der Waals surface area contributed by atoms with Crippen LogP contribution in [-0.4, -0.2) is 55.7 Å². The fraction of sp³-hybridized carbons (Fsp3) is 0.571. The van der Waals surface area contributed by atoms with Gasteiger partial charge in [0.1, 0.15) is 6.10 Å². The summed E-state index contributed by atoms with van der Waals surface area (Å²) in [6, 6.07) is 10.3. The van der Waals surface area contributed by atoms with E-state index >= 15 is 0 Å². The second kappa shape index (κ2) is 11.9. The Hall–Kier alpha value is -0.900. The number of rotatable bonds is 7. The van der Waals surface area contributed by atoms with Crippen LogP contribution >= 0.6 is 35.3 Å². The van der Waals surface area contributed by atoms with E-state index in [1.807, 2.05) is 12.1 Å². The van der Waals surface area contributed by atoms with Crippen molar-refractivity contribution in [2.75, 3.05) is 39.8 Å². The van der Waals surface area contributed by atoms with Gasteiger partial charge in [-0.2, -0.15) is 0 Å². The zero-order chi connectivity index (χ0) is 19.1. The van der Waals surface area contributed by atoms with Crippen molar-refractivity contribution in [3.05, 3.63) is 35.2 Å². The molecule has 0 radical (unpaired) electrons. The van der Waals surface area contributed by atoms with E-state index in [0.717, 1.165) is 23.3 Å². The normalized spacial score (nSPS) is 17.3. The lowest BCUT2D eigenvalue weighted by atomic mass is 9.93. The lowest BCUT2D eigenvalue weighted by Crippen LogP contribution is -2.40. The number of hydrogen-bond acceptors (Lipinski definition) is 4. The van der Waals surface area contributed by atoms with Crippen molar-refractivity contribution in [1.29, 1.82) is 0 Å². The summed E-state index contributed by atoms with van der Waals surface area (Å²) in [7, 11) is 1.78. The highest BCUT2D eigenvalue weighted by molar-refractivity contribution is 14.0. The maximum Gasteiger partial charge on any atom is 0.191 e. The minimum atomic E-state index is -0.528. The Balaban J connectivity index is 0.00000280. The van der Waals surface area contributed by atoms with E-state index in [0.29, 0.717) is 6.54 Å². The zero-order valence-corrected chi connectivity index (χ0v) is 20.0. The zero-order valence-electron chi connectivity index (χ0n) is 16.9. The molecule has 156 valence electrons. The van der Waals surface area contributed by atoms with Crippen LogP contribution in [0.3, 0.4) is 0 Å². The molecule has 0 saturated carbocycles. The van der Waals surface area contributed by atoms with Crippen molar-refractivity contribution in [3.8, 4) is 0 Å². The number of benzene rings is 1. The number of aliphatic imine (C=N–C) groups is 1. The minimum Gasteiger partial charge on any atom is -0.386 e. The second-order valence-electron chi connectivity index (χ2n) is 7.25. The van der Waals surface area contributed by atoms with E-state index < -0.39 is 6.10 Å². The number of piperidine rings is 1. The molecule has 1 aromatic carbocycles. The standard InChI is InChI=1S/C21H32N4OS.HI/c1-3-25-12-9-16(10-13-25)8-11-23-21(22-2)24-15-18(26)20-14-17-6-4-5-7-19(17)27-20;/h4-7,14,16,18,26H,3,8-13,15H2,1-2H3,(H2,22,23,24);1H. The second-order valence-corrected chi connectivity index (χ2v) is 8.36. The third-order valence-electron chi connectivity index (χ3n) is 5.46. The topological polar surface area (TPSA) is 59.9 Å². The van der Waals surface area contributed by atoms with Gasteiger partial charge in [-0.3, -0.25) is 4.99 Å². The summed E-state index contributed by atoms with van der Waals surface area (Å²) in [5.74, 6) is 1.57. The van der Waals surface area contributed by atoms with Gasteiger partial charge >= 0.3 is 0 Å². The van der Waals surface area contributed by atoms with Crippen molar-refractivity contribution >= 4 is 51.4 Å². The number of aliphatic hydroxyl groups excluding tert-OH is 1. The predicted molar refractivity (Wildman–Crippen MR) is 131 cm³/mol. The van der Waals surface area contributed by atoms with Crippen molar-refractivity contribution in [2.45, 2.75) is 32.3 Å². The first-order valence-corrected chi connectivity index (χ1v) is 10.8. The van der Waals surface area contributed by atoms with E-state index in [-0.39, 0.29) is 24.0 Å². The highest BCUT2D eigenvalue weighted by atomic mass is 127. The van der Waals surface area contributed by atoms with Gasteiger partial charge in [0, 0.05) is 29.7 Å². The van der Waals surface area contributed by atoms with Gasteiger partial charge in [-0.25, -0.2) is 0 Å². The number of fused-ring (bicyclic) bond motifs is 1. The summed E-state index contributed by atoms with van der Waals surface area (Å²) in [4.78, 5) is 7.80. The van der Waals surface area contributed by atoms with Crippen LogP contribution in [0.2, 0.25) is 0 Å². The van der Waals surface area contributed by atoms with Crippen LogP contribution in [0.4, 0.5) is 0 Å². The molecular weight excluding hydrogens is 483 g/mol. The van der Waals surface area contributed by atoms with Crippen LogP contribution in [0.15, 0.2) is 35.3 Å². The fourth-order valence-corrected chi connectivity index (χ4v) is 4.72. The summed E-state index contributed by atoms with van der Waals surface area (Å²) in [6.45, 7) is 7.26. The largest absolute Gasteiger partial charge is 0.386 e. The molecule has 1 atom stereocenters. The van der Waals surface area contributed by atoms with Crippen LogP contribution in [0.1, 0.15) is 37.2 Å². The van der Waals surface area contributed by atoms with Crippen LogP contribution in [0.5, 0.6) is 0 Å². The van der Waals surface area contributed by atoms with Gasteiger partial charge in [0.05, 0.1) is 0 Å². The lowest BCUT2D eigenvalue weighted by molar-refractivity contribution is 0.184. The highest BCUT2D eigenvalue weighted by Crippen LogP contribution is 2.29. The Kier molecular flexibility index (Phi) is 9.98. The summed E-state index contributed by atoms with van der Waals surface area (Å²) in [6.07, 6.45) is 3.24. The van der Waals surface area contributed by atoms with Crippen molar-refractivity contribution in [3.63, 3.8) is 0 Å². The monoisotopic (exact) mass is 516 g/mol. The van der Waals surface area contributed by atoms with Gasteiger partial charge in [0.25, 0.3) is 0 Å². The van der Waals surface area contributed by atoms with Crippen LogP contribution in [0, 0.1) is 5.92 Å². The molecule has 0 bridgehead atoms. The Morgan fingerprint density at radius 1 is 1.29 bits per heavy atom. The SMILES string of the molecule is CCN1CCC(CCNC(=NC)NCC(O)c2cc3ccccc3s2)CC1.I. The lowest BCUT2D eigenvalue weighted by Gasteiger charge is -2.31. The molecule has 1 aliphatic rings. The Labute approximate surface area is 189 Å². The molecule has 0 spiro atoms. The van der Waals surface area contributed by atoms with Crippen LogP contribution in [0.25, 0.3) is 10.1 Å². The smallest absolute Gasteiger partial charge is 0.191 e. The van der Waals surface area contributed by atoms with E-state index in [1.54, 1.807) is 18.4 Å². The third-order valence-corrected chi connectivity index (χ3v) is 6.68. The first-order valence-electron chi connectivity index (χ1n) is 10.0. The molecule has 28 heavy (non-hydrogen) atoms. The quantitative estimate of drug-likeness (QED) is 0.298. The van der Waals surface area contributed by atoms with E-state index in [2.05, 4.69) is 45.6 Å². The minimum absolute atomic E-state index is 0. The number of aliphatic hydroxyl groups is 1. The Morgan fingerprint density at radius 3 is 2.71 bits per heavy atom. The Morgan fingerprint density at radius 2 is 2.04 bits per heavy atom. The van der Waals surface area contributed by atoms with Gasteiger partial charge in [0.2, 0.25) is 0 Å². The molecule has 7 heteroatoms. The average molecular weight is 516 g/mol. The molecule has 1 fully saturated rings. The number of nitrogens with zero attached hydrogens (tertiary/aromatic N) is 2. The Bertz CT molecular complexity index is 710. The third kappa shape index (κ3) is 6.57. The fourth-order valence-electron chi connectivity index (χ4n) is 3.67. The number of hydrogen-bond donors (Lipinski definition) is 3. The highest BCUT2D eigenvalue weighted by Gasteiger charge is 2.18. The average Bonchev–Trinajstić information content (AvgIpc) is 3.15. The maximum absolute atomic E-state index is 10.5. The molecule has 0 amide bonds. The number of thiophene rings is 1. The van der Waals surface area contributed by atoms with Gasteiger partial charge in [-0.15, -0.1) is 35.3 Å². The molecule has 0 aliphatic carbocycles. The molecule has 1 aromatic heterocycles. The molecule has 1 aliphatic heterocycles. The predicted octanol–water partition coefficient (Wildman–Crippen LogP) is 3.84. The van der Waals surface area contributed by atoms with E-state index in [1.165, 1.54) is 49.0 Å². The molecule has 2 aromatic rings. The number of nitrogens with one attached hydrogen (secondary N) is 2. The summed E-state index contributed by atoms with van der Waals surface area (Å²) < 4.78 is 1.21. The van der Waals surface area contributed by atoms with Crippen LogP contribution < -0.4 is 10.6 Å². The van der Waals surface area contributed by atoms with Crippen LogP contribution in [-0.2, 0) is 0 Å². The molecule has 1 saturated heterocycles. The maximum atomic E-state index is 10.5. The number of halogens is 1. The number of guanidine groups is 1. The molecule has 2 heterocycles.